The minimum absolute atomic E-state index is 0.00341. The molecule has 2 aromatic heterocycles. The van der Waals surface area contributed by atoms with Crippen LogP contribution in [-0.2, 0) is 6.18 Å². The summed E-state index contributed by atoms with van der Waals surface area (Å²) in [6, 6.07) is 7.93. The maximum atomic E-state index is 12.7. The van der Waals surface area contributed by atoms with E-state index in [1.54, 1.807) is 12.1 Å². The van der Waals surface area contributed by atoms with E-state index in [2.05, 4.69) is 9.97 Å². The fourth-order valence-corrected chi connectivity index (χ4v) is 2.03. The van der Waals surface area contributed by atoms with Gasteiger partial charge in [0.2, 0.25) is 5.95 Å². The fourth-order valence-electron chi connectivity index (χ4n) is 2.03. The Labute approximate surface area is 117 Å². The van der Waals surface area contributed by atoms with Gasteiger partial charge in [0.1, 0.15) is 11.3 Å². The molecule has 0 radical (unpaired) electrons. The predicted octanol–water partition coefficient (Wildman–Crippen LogP) is 3.80. The van der Waals surface area contributed by atoms with E-state index in [9.17, 15) is 13.2 Å². The van der Waals surface area contributed by atoms with Gasteiger partial charge in [-0.25, -0.2) is 9.97 Å². The SMILES string of the molecule is Cc1ccc2oc(-c3cc(C(F)(F)F)nc(N)n3)cc2c1. The van der Waals surface area contributed by atoms with E-state index < -0.39 is 17.8 Å². The second-order valence-electron chi connectivity index (χ2n) is 4.65. The zero-order chi connectivity index (χ0) is 15.2. The van der Waals surface area contributed by atoms with Crippen LogP contribution < -0.4 is 5.73 Å². The molecule has 108 valence electrons. The summed E-state index contributed by atoms with van der Waals surface area (Å²) in [5.74, 6) is -0.230. The van der Waals surface area contributed by atoms with Crippen molar-refractivity contribution in [3.8, 4) is 11.5 Å². The molecule has 3 aromatic rings. The average molecular weight is 293 g/mol. The molecule has 1 aromatic carbocycles. The van der Waals surface area contributed by atoms with Gasteiger partial charge in [-0.3, -0.25) is 0 Å². The molecule has 0 saturated carbocycles. The zero-order valence-corrected chi connectivity index (χ0v) is 10.9. The van der Waals surface area contributed by atoms with Crippen molar-refractivity contribution in [2.24, 2.45) is 0 Å². The molecule has 0 bridgehead atoms. The number of fused-ring (bicyclic) bond motifs is 1. The number of furan rings is 1. The standard InChI is InChI=1S/C14H10F3N3O/c1-7-2-3-10-8(4-7)5-11(21-10)9-6-12(14(15,16)17)20-13(18)19-9/h2-6H,1H3,(H2,18,19,20). The van der Waals surface area contributed by atoms with Gasteiger partial charge in [0, 0.05) is 5.39 Å². The maximum Gasteiger partial charge on any atom is 0.433 e. The summed E-state index contributed by atoms with van der Waals surface area (Å²) in [6.45, 7) is 1.91. The first-order valence-corrected chi connectivity index (χ1v) is 6.05. The van der Waals surface area contributed by atoms with Crippen molar-refractivity contribution in [1.29, 1.82) is 0 Å². The van der Waals surface area contributed by atoms with Crippen LogP contribution in [0.1, 0.15) is 11.3 Å². The Morgan fingerprint density at radius 3 is 2.57 bits per heavy atom. The summed E-state index contributed by atoms with van der Waals surface area (Å²) in [7, 11) is 0. The van der Waals surface area contributed by atoms with Crippen LogP contribution in [0.25, 0.3) is 22.4 Å². The topological polar surface area (TPSA) is 64.9 Å². The van der Waals surface area contributed by atoms with Gasteiger partial charge >= 0.3 is 6.18 Å². The number of nitrogens with zero attached hydrogens (tertiary/aromatic N) is 2. The van der Waals surface area contributed by atoms with Gasteiger partial charge in [-0.1, -0.05) is 11.6 Å². The second-order valence-corrected chi connectivity index (χ2v) is 4.65. The first kappa shape index (κ1) is 13.4. The highest BCUT2D eigenvalue weighted by molar-refractivity contribution is 5.82. The number of alkyl halides is 3. The van der Waals surface area contributed by atoms with Crippen molar-refractivity contribution >= 4 is 16.9 Å². The van der Waals surface area contributed by atoms with Crippen molar-refractivity contribution < 1.29 is 17.6 Å². The van der Waals surface area contributed by atoms with Crippen LogP contribution in [-0.4, -0.2) is 9.97 Å². The van der Waals surface area contributed by atoms with Crippen molar-refractivity contribution in [2.75, 3.05) is 5.73 Å². The monoisotopic (exact) mass is 293 g/mol. The Bertz CT molecular complexity index is 824. The molecule has 0 saturated heterocycles. The average Bonchev–Trinajstić information content (AvgIpc) is 2.80. The third kappa shape index (κ3) is 2.54. The van der Waals surface area contributed by atoms with E-state index in [1.165, 1.54) is 0 Å². The first-order chi connectivity index (χ1) is 9.83. The number of hydrogen-bond acceptors (Lipinski definition) is 4. The van der Waals surface area contributed by atoms with E-state index in [-0.39, 0.29) is 11.5 Å². The number of aromatic nitrogens is 2. The number of benzene rings is 1. The Hall–Kier alpha value is -2.57. The molecule has 2 N–H and O–H groups in total. The van der Waals surface area contributed by atoms with E-state index in [1.807, 2.05) is 19.1 Å². The lowest BCUT2D eigenvalue weighted by Gasteiger charge is -2.07. The largest absolute Gasteiger partial charge is 0.454 e. The van der Waals surface area contributed by atoms with Crippen LogP contribution in [0.3, 0.4) is 0 Å². The summed E-state index contributed by atoms with van der Waals surface area (Å²) in [5, 5.41) is 0.788. The smallest absolute Gasteiger partial charge is 0.433 e. The van der Waals surface area contributed by atoms with Gasteiger partial charge in [-0.05, 0) is 31.2 Å². The molecule has 0 aliphatic heterocycles. The number of nitrogen functional groups attached to an aromatic ring is 1. The van der Waals surface area contributed by atoms with Crippen LogP contribution >= 0.6 is 0 Å². The van der Waals surface area contributed by atoms with Crippen LogP contribution in [0, 0.1) is 6.92 Å². The van der Waals surface area contributed by atoms with E-state index in [0.717, 1.165) is 17.0 Å². The Balaban J connectivity index is 2.16. The molecule has 0 fully saturated rings. The van der Waals surface area contributed by atoms with Crippen molar-refractivity contribution in [1.82, 2.24) is 9.97 Å². The summed E-state index contributed by atoms with van der Waals surface area (Å²) >= 11 is 0. The van der Waals surface area contributed by atoms with E-state index >= 15 is 0 Å². The Morgan fingerprint density at radius 1 is 1.10 bits per heavy atom. The third-order valence-electron chi connectivity index (χ3n) is 2.96. The normalized spacial score (nSPS) is 12.0. The number of aryl methyl sites for hydroxylation is 1. The van der Waals surface area contributed by atoms with Gasteiger partial charge in [0.05, 0.1) is 0 Å². The Kier molecular flexibility index (Phi) is 2.86. The number of anilines is 1. The molecule has 0 aliphatic carbocycles. The number of hydrogen-bond donors (Lipinski definition) is 1. The molecule has 0 aliphatic rings. The molecular formula is C14H10F3N3O. The lowest BCUT2D eigenvalue weighted by atomic mass is 10.2. The fraction of sp³-hybridized carbons (Fsp3) is 0.143. The molecule has 0 amide bonds. The van der Waals surface area contributed by atoms with Crippen LogP contribution in [0.15, 0.2) is 34.7 Å². The summed E-state index contributed by atoms with van der Waals surface area (Å²) in [6.07, 6.45) is -4.59. The molecule has 21 heavy (non-hydrogen) atoms. The van der Waals surface area contributed by atoms with Crippen LogP contribution in [0.2, 0.25) is 0 Å². The van der Waals surface area contributed by atoms with Crippen molar-refractivity contribution in [3.63, 3.8) is 0 Å². The quantitative estimate of drug-likeness (QED) is 0.741. The molecule has 2 heterocycles. The van der Waals surface area contributed by atoms with E-state index in [0.29, 0.717) is 5.58 Å². The highest BCUT2D eigenvalue weighted by Crippen LogP contribution is 2.32. The molecular weight excluding hydrogens is 283 g/mol. The van der Waals surface area contributed by atoms with Crippen molar-refractivity contribution in [2.45, 2.75) is 13.1 Å². The molecule has 0 unspecified atom stereocenters. The summed E-state index contributed by atoms with van der Waals surface area (Å²) < 4.78 is 43.8. The predicted molar refractivity (Wildman–Crippen MR) is 71.4 cm³/mol. The molecule has 0 atom stereocenters. The summed E-state index contributed by atoms with van der Waals surface area (Å²) in [4.78, 5) is 7.01. The van der Waals surface area contributed by atoms with Crippen molar-refractivity contribution in [3.05, 3.63) is 41.6 Å². The number of rotatable bonds is 1. The second kappa shape index (κ2) is 4.47. The lowest BCUT2D eigenvalue weighted by Crippen LogP contribution is -2.11. The van der Waals surface area contributed by atoms with Crippen LogP contribution in [0.4, 0.5) is 19.1 Å². The number of halogens is 3. The third-order valence-corrected chi connectivity index (χ3v) is 2.96. The van der Waals surface area contributed by atoms with Gasteiger partial charge in [0.25, 0.3) is 0 Å². The summed E-state index contributed by atoms with van der Waals surface area (Å²) in [5.41, 5.74) is 5.85. The molecule has 4 nitrogen and oxygen atoms in total. The van der Waals surface area contributed by atoms with Gasteiger partial charge < -0.3 is 10.2 Å². The maximum absolute atomic E-state index is 12.7. The first-order valence-electron chi connectivity index (χ1n) is 6.05. The lowest BCUT2D eigenvalue weighted by molar-refractivity contribution is -0.141. The minimum Gasteiger partial charge on any atom is -0.454 e. The highest BCUT2D eigenvalue weighted by atomic mass is 19.4. The molecule has 3 rings (SSSR count). The van der Waals surface area contributed by atoms with Gasteiger partial charge in [-0.2, -0.15) is 13.2 Å². The molecule has 7 heteroatoms. The number of nitrogens with two attached hydrogens (primary N) is 1. The Morgan fingerprint density at radius 2 is 1.86 bits per heavy atom. The van der Waals surface area contributed by atoms with Gasteiger partial charge in [-0.15, -0.1) is 0 Å². The highest BCUT2D eigenvalue weighted by Gasteiger charge is 2.33. The minimum atomic E-state index is -4.59. The van der Waals surface area contributed by atoms with E-state index in [4.69, 9.17) is 10.2 Å². The van der Waals surface area contributed by atoms with Gasteiger partial charge in [0.15, 0.2) is 11.5 Å². The van der Waals surface area contributed by atoms with Crippen LogP contribution in [0.5, 0.6) is 0 Å². The zero-order valence-electron chi connectivity index (χ0n) is 10.9. The molecule has 0 spiro atoms.